The van der Waals surface area contributed by atoms with E-state index in [-0.39, 0.29) is 23.3 Å². The van der Waals surface area contributed by atoms with Crippen LogP contribution in [-0.2, 0) is 14.6 Å². The molecule has 3 rings (SSSR count). The van der Waals surface area contributed by atoms with Crippen LogP contribution in [-0.4, -0.2) is 49.8 Å². The number of ether oxygens (including phenoxy) is 1. The molecule has 0 bridgehead atoms. The Balaban J connectivity index is 2.00. The van der Waals surface area contributed by atoms with Crippen molar-refractivity contribution >= 4 is 21.4 Å². The van der Waals surface area contributed by atoms with Crippen molar-refractivity contribution in [3.05, 3.63) is 29.6 Å². The number of hydrogen-bond donors (Lipinski definition) is 1. The maximum atomic E-state index is 12.6. The maximum absolute atomic E-state index is 12.6. The van der Waals surface area contributed by atoms with Crippen LogP contribution in [0.3, 0.4) is 0 Å². The number of nitrogens with one attached hydrogen (secondary N) is 1. The van der Waals surface area contributed by atoms with Gasteiger partial charge >= 0.3 is 0 Å². The minimum atomic E-state index is -3.38. The summed E-state index contributed by atoms with van der Waals surface area (Å²) in [5, 5.41) is 2.79. The molecule has 0 unspecified atom stereocenters. The number of benzene rings is 1. The van der Waals surface area contributed by atoms with Gasteiger partial charge in [0.15, 0.2) is 9.84 Å². The van der Waals surface area contributed by atoms with Crippen LogP contribution in [0.5, 0.6) is 5.75 Å². The van der Waals surface area contributed by atoms with Crippen LogP contribution in [0.2, 0.25) is 0 Å². The van der Waals surface area contributed by atoms with E-state index in [2.05, 4.69) is 10.2 Å². The van der Waals surface area contributed by atoms with Gasteiger partial charge in [0, 0.05) is 18.4 Å². The Bertz CT molecular complexity index is 843. The first-order valence-electron chi connectivity index (χ1n) is 7.63. The molecule has 2 aliphatic rings. The van der Waals surface area contributed by atoms with Gasteiger partial charge in [-0.2, -0.15) is 0 Å². The van der Waals surface area contributed by atoms with Gasteiger partial charge < -0.3 is 10.1 Å². The minimum Gasteiger partial charge on any atom is -0.473 e. The van der Waals surface area contributed by atoms with Crippen LogP contribution in [0.4, 0.5) is 5.69 Å². The molecule has 2 heterocycles. The van der Waals surface area contributed by atoms with Crippen LogP contribution >= 0.6 is 0 Å². The zero-order chi connectivity index (χ0) is 17.7. The summed E-state index contributed by atoms with van der Waals surface area (Å²) in [7, 11) is -3.38. The van der Waals surface area contributed by atoms with Crippen molar-refractivity contribution in [2.45, 2.75) is 43.0 Å². The molecule has 24 heavy (non-hydrogen) atoms. The molecule has 128 valence electrons. The molecule has 1 amide bonds. The highest BCUT2D eigenvalue weighted by Gasteiger charge is 2.57. The van der Waals surface area contributed by atoms with Crippen molar-refractivity contribution in [2.24, 2.45) is 0 Å². The molecule has 1 spiro atoms. The SMILES string of the molecule is [C-]#[N+][C@@H]1C[C@]2(CN1C(C)C)Oc1cc(S(C)(=O)=O)ccc1NC2=O. The van der Waals surface area contributed by atoms with E-state index in [4.69, 9.17) is 11.3 Å². The third kappa shape index (κ3) is 2.64. The van der Waals surface area contributed by atoms with E-state index in [0.717, 1.165) is 6.26 Å². The van der Waals surface area contributed by atoms with Gasteiger partial charge in [0.2, 0.25) is 5.60 Å². The quantitative estimate of drug-likeness (QED) is 0.819. The van der Waals surface area contributed by atoms with Gasteiger partial charge in [-0.25, -0.2) is 19.9 Å². The molecule has 1 aromatic rings. The Hall–Kier alpha value is -2.11. The van der Waals surface area contributed by atoms with Gasteiger partial charge in [-0.3, -0.25) is 9.64 Å². The van der Waals surface area contributed by atoms with Crippen molar-refractivity contribution in [1.29, 1.82) is 0 Å². The first-order chi connectivity index (χ1) is 11.2. The van der Waals surface area contributed by atoms with E-state index in [1.165, 1.54) is 18.2 Å². The van der Waals surface area contributed by atoms with Gasteiger partial charge in [-0.1, -0.05) is 0 Å². The summed E-state index contributed by atoms with van der Waals surface area (Å²) < 4.78 is 29.5. The van der Waals surface area contributed by atoms with Crippen LogP contribution in [0.25, 0.3) is 4.85 Å². The fourth-order valence-electron chi connectivity index (χ4n) is 3.18. The summed E-state index contributed by atoms with van der Waals surface area (Å²) in [5.41, 5.74) is -0.719. The summed E-state index contributed by atoms with van der Waals surface area (Å²) in [6, 6.07) is 4.49. The summed E-state index contributed by atoms with van der Waals surface area (Å²) in [5.74, 6) is 0.0331. The number of rotatable bonds is 2. The van der Waals surface area contributed by atoms with Crippen molar-refractivity contribution < 1.29 is 17.9 Å². The van der Waals surface area contributed by atoms with Crippen molar-refractivity contribution in [1.82, 2.24) is 4.90 Å². The molecule has 0 saturated carbocycles. The van der Waals surface area contributed by atoms with Crippen LogP contribution < -0.4 is 10.1 Å². The van der Waals surface area contributed by atoms with Gasteiger partial charge in [0.05, 0.1) is 23.5 Å². The predicted molar refractivity (Wildman–Crippen MR) is 88.4 cm³/mol. The summed E-state index contributed by atoms with van der Waals surface area (Å²) in [6.07, 6.45) is 0.940. The topological polar surface area (TPSA) is 80.1 Å². The largest absolute Gasteiger partial charge is 0.473 e. The Kier molecular flexibility index (Phi) is 3.81. The fourth-order valence-corrected chi connectivity index (χ4v) is 3.81. The van der Waals surface area contributed by atoms with Crippen molar-refractivity contribution in [3.8, 4) is 5.75 Å². The summed E-state index contributed by atoms with van der Waals surface area (Å²) in [4.78, 5) is 18.3. The molecular formula is C16H19N3O4S. The van der Waals surface area contributed by atoms with Gasteiger partial charge in [-0.15, -0.1) is 0 Å². The van der Waals surface area contributed by atoms with E-state index in [0.29, 0.717) is 18.0 Å². The molecule has 7 nitrogen and oxygen atoms in total. The van der Waals surface area contributed by atoms with Crippen LogP contribution in [0, 0.1) is 6.57 Å². The molecular weight excluding hydrogens is 330 g/mol. The average Bonchev–Trinajstić information content (AvgIpc) is 2.87. The second kappa shape index (κ2) is 5.46. The Labute approximate surface area is 141 Å². The van der Waals surface area contributed by atoms with E-state index in [1.807, 2.05) is 18.7 Å². The first kappa shape index (κ1) is 16.7. The molecule has 8 heteroatoms. The van der Waals surface area contributed by atoms with Gasteiger partial charge in [-0.05, 0) is 26.0 Å². The zero-order valence-electron chi connectivity index (χ0n) is 13.7. The lowest BCUT2D eigenvalue weighted by Gasteiger charge is -2.34. The average molecular weight is 349 g/mol. The third-order valence-corrected chi connectivity index (χ3v) is 5.60. The molecule has 1 N–H and O–H groups in total. The first-order valence-corrected chi connectivity index (χ1v) is 9.52. The highest BCUT2D eigenvalue weighted by atomic mass is 32.2. The predicted octanol–water partition coefficient (Wildman–Crippen LogP) is 1.52. The standard InChI is InChI=1S/C16H19N3O4S/c1-10(2)19-9-16(8-14(19)17-3)15(20)18-12-6-5-11(24(4,21)22)7-13(12)23-16/h5-7,10,14H,8-9H2,1-2,4H3,(H,18,20)/t14-,16+/m0/s1. The molecule has 1 aromatic carbocycles. The number of amides is 1. The lowest BCUT2D eigenvalue weighted by Crippen LogP contribution is -2.53. The van der Waals surface area contributed by atoms with E-state index >= 15 is 0 Å². The Morgan fingerprint density at radius 2 is 2.17 bits per heavy atom. The Morgan fingerprint density at radius 1 is 1.46 bits per heavy atom. The minimum absolute atomic E-state index is 0.101. The summed E-state index contributed by atoms with van der Waals surface area (Å²) in [6.45, 7) is 11.6. The molecule has 0 aromatic heterocycles. The Morgan fingerprint density at radius 3 is 2.71 bits per heavy atom. The molecule has 1 saturated heterocycles. The monoisotopic (exact) mass is 349 g/mol. The van der Waals surface area contributed by atoms with Crippen LogP contribution in [0.15, 0.2) is 23.1 Å². The summed E-state index contributed by atoms with van der Waals surface area (Å²) >= 11 is 0. The second-order valence-corrected chi connectivity index (χ2v) is 8.58. The molecule has 1 fully saturated rings. The normalized spacial score (nSPS) is 26.8. The number of hydrogen-bond acceptors (Lipinski definition) is 5. The second-order valence-electron chi connectivity index (χ2n) is 6.56. The van der Waals surface area contributed by atoms with E-state index < -0.39 is 21.6 Å². The molecule has 0 aliphatic carbocycles. The van der Waals surface area contributed by atoms with Gasteiger partial charge in [0.1, 0.15) is 5.75 Å². The fraction of sp³-hybridized carbons (Fsp3) is 0.500. The van der Waals surface area contributed by atoms with Gasteiger partial charge in [0.25, 0.3) is 12.1 Å². The maximum Gasteiger partial charge on any atom is 0.284 e. The lowest BCUT2D eigenvalue weighted by atomic mass is 9.98. The number of anilines is 1. The number of fused-ring (bicyclic) bond motifs is 1. The molecule has 2 aliphatic heterocycles. The zero-order valence-corrected chi connectivity index (χ0v) is 14.6. The van der Waals surface area contributed by atoms with Crippen LogP contribution in [0.1, 0.15) is 20.3 Å². The smallest absolute Gasteiger partial charge is 0.284 e. The van der Waals surface area contributed by atoms with Crippen molar-refractivity contribution in [2.75, 3.05) is 18.1 Å². The number of sulfone groups is 1. The lowest BCUT2D eigenvalue weighted by molar-refractivity contribution is -0.131. The number of nitrogens with zero attached hydrogens (tertiary/aromatic N) is 2. The number of likely N-dealkylation sites (tertiary alicyclic amines) is 1. The number of carbonyl (C=O) groups excluding carboxylic acids is 1. The highest BCUT2D eigenvalue weighted by molar-refractivity contribution is 7.90. The molecule has 0 radical (unpaired) electrons. The van der Waals surface area contributed by atoms with Crippen molar-refractivity contribution in [3.63, 3.8) is 0 Å². The van der Waals surface area contributed by atoms with E-state index in [1.54, 1.807) is 0 Å². The highest BCUT2D eigenvalue weighted by Crippen LogP contribution is 2.41. The number of carbonyl (C=O) groups is 1. The van der Waals surface area contributed by atoms with E-state index in [9.17, 15) is 13.2 Å². The molecule has 2 atom stereocenters. The third-order valence-electron chi connectivity index (χ3n) is 4.49.